The number of ether oxygens (including phenoxy) is 1. The molecule has 0 aromatic heterocycles. The zero-order valence-electron chi connectivity index (χ0n) is 5.73. The molecule has 0 aliphatic heterocycles. The maximum Gasteiger partial charge on any atom is 0.0351 e. The minimum Gasteiger partial charge on any atom is -0.412 e. The van der Waals surface area contributed by atoms with E-state index in [1.165, 1.54) is 6.38 Å². The summed E-state index contributed by atoms with van der Waals surface area (Å²) in [5, 5.41) is 7.00. The zero-order valence-corrected chi connectivity index (χ0v) is 6.49. The Labute approximate surface area is 62.9 Å². The number of rotatable bonds is 0. The van der Waals surface area contributed by atoms with E-state index in [0.717, 1.165) is 7.11 Å². The van der Waals surface area contributed by atoms with Crippen molar-refractivity contribution >= 4 is 11.6 Å². The lowest BCUT2D eigenvalue weighted by Crippen LogP contribution is -1.55. The van der Waals surface area contributed by atoms with Crippen LogP contribution in [0.25, 0.3) is 0 Å². The first-order valence-corrected chi connectivity index (χ1v) is 2.40. The first-order valence-electron chi connectivity index (χ1n) is 1.64. The highest BCUT2D eigenvalue weighted by Crippen LogP contribution is 1.34. The molecule has 0 saturated carbocycles. The Morgan fingerprint density at radius 3 is 1.11 bits per heavy atom. The van der Waals surface area contributed by atoms with Gasteiger partial charge >= 0.3 is 0 Å². The van der Waals surface area contributed by atoms with Crippen molar-refractivity contribution in [3.05, 3.63) is 0 Å². The van der Waals surface area contributed by atoms with Crippen LogP contribution in [-0.4, -0.2) is 38.3 Å². The number of hydrogen-bond donors (Lipinski definition) is 1. The summed E-state index contributed by atoms with van der Waals surface area (Å²) in [4.78, 5) is 0. The molecule has 0 aromatic rings. The predicted molar refractivity (Wildman–Crippen MR) is 43.2 cm³/mol. The van der Waals surface area contributed by atoms with Crippen molar-refractivity contribution in [1.29, 1.82) is 0 Å². The van der Waals surface area contributed by atoms with Gasteiger partial charge in [0.15, 0.2) is 0 Å². The fourth-order valence-electron chi connectivity index (χ4n) is 0. The van der Waals surface area contributed by atoms with Crippen LogP contribution in [0, 0.1) is 0 Å². The molecule has 3 N–H and O–H groups in total. The zero-order chi connectivity index (χ0) is 6.71. The molecule has 0 atom stereocenters. The summed E-state index contributed by atoms with van der Waals surface area (Å²) in [5.41, 5.74) is 0. The molecule has 0 radical (unpaired) electrons. The smallest absolute Gasteiger partial charge is 0.0351 e. The second kappa shape index (κ2) is 307. The van der Waals surface area contributed by atoms with Crippen molar-refractivity contribution in [3.8, 4) is 0 Å². The van der Waals surface area contributed by atoms with Crippen LogP contribution in [-0.2, 0) is 4.74 Å². The average molecular weight is 163 g/mol. The van der Waals surface area contributed by atoms with Crippen LogP contribution in [0.15, 0.2) is 0 Å². The van der Waals surface area contributed by atoms with Crippen LogP contribution in [0.4, 0.5) is 0 Å². The minimum absolute atomic E-state index is 0. The summed E-state index contributed by atoms with van der Waals surface area (Å²) >= 11 is 4.64. The molecule has 0 aliphatic carbocycles. The topological polar surface area (TPSA) is 61.0 Å². The van der Waals surface area contributed by atoms with Gasteiger partial charge in [-0.1, -0.05) is 7.43 Å². The van der Waals surface area contributed by atoms with Gasteiger partial charge < -0.3 is 15.3 Å². The van der Waals surface area contributed by atoms with Crippen molar-refractivity contribution < 1.29 is 15.3 Å². The van der Waals surface area contributed by atoms with Gasteiger partial charge in [-0.3, -0.25) is 0 Å². The Kier molecular flexibility index (Phi) is 1200. The first-order chi connectivity index (χ1) is 3.41. The lowest BCUT2D eigenvalue weighted by atomic mass is 11.6. The highest BCUT2D eigenvalue weighted by atomic mass is 35.5. The van der Waals surface area contributed by atoms with Crippen molar-refractivity contribution in [2.24, 2.45) is 0 Å². The Morgan fingerprint density at radius 1 is 1.11 bits per heavy atom. The van der Waals surface area contributed by atoms with Gasteiger partial charge in [0.25, 0.3) is 0 Å². The number of halogens is 1. The maximum atomic E-state index is 7.00. The number of methoxy groups -OCH3 is 1. The van der Waals surface area contributed by atoms with Gasteiger partial charge in [-0.25, -0.2) is 0 Å². The molecule has 0 saturated heterocycles. The molecule has 0 bridgehead atoms. The van der Waals surface area contributed by atoms with Gasteiger partial charge in [0.2, 0.25) is 0 Å². The van der Waals surface area contributed by atoms with Crippen LogP contribution in [0.1, 0.15) is 7.43 Å². The molecular formula is C5H19ClO3. The first kappa shape index (κ1) is 35.2. The Bertz CT molecular complexity index is 12.2. The van der Waals surface area contributed by atoms with Crippen molar-refractivity contribution in [3.63, 3.8) is 0 Å². The van der Waals surface area contributed by atoms with E-state index in [-0.39, 0.29) is 12.9 Å². The molecule has 0 fully saturated rings. The van der Waals surface area contributed by atoms with Crippen LogP contribution >= 0.6 is 11.6 Å². The molecule has 0 aliphatic rings. The number of aliphatic hydroxyl groups excluding tert-OH is 1. The quantitative estimate of drug-likeness (QED) is 0.529. The third-order valence-corrected chi connectivity index (χ3v) is 0. The van der Waals surface area contributed by atoms with Gasteiger partial charge in [0.1, 0.15) is 0 Å². The highest BCUT2D eigenvalue weighted by Gasteiger charge is 1.25. The standard InChI is InChI=1S/C2H6O.CH3Cl.CH4O.CH4.H2O/c1-3-2;2*1-2;;/h1-2H3;1H3;2H,1H3;1H4;1H2. The second-order valence-electron chi connectivity index (χ2n) is 0.408. The van der Waals surface area contributed by atoms with E-state index in [2.05, 4.69) is 16.3 Å². The monoisotopic (exact) mass is 162 g/mol. The lowest BCUT2D eigenvalue weighted by Gasteiger charge is -1.61. The fourth-order valence-corrected chi connectivity index (χ4v) is 0. The largest absolute Gasteiger partial charge is 0.412 e. The summed E-state index contributed by atoms with van der Waals surface area (Å²) in [5.74, 6) is 0. The second-order valence-corrected chi connectivity index (χ2v) is 0.408. The number of alkyl halides is 1. The van der Waals surface area contributed by atoms with Gasteiger partial charge in [-0.05, 0) is 0 Å². The van der Waals surface area contributed by atoms with E-state index >= 15 is 0 Å². The summed E-state index contributed by atoms with van der Waals surface area (Å²) in [6, 6.07) is 0. The third kappa shape index (κ3) is 10800. The van der Waals surface area contributed by atoms with E-state index in [0.29, 0.717) is 0 Å². The van der Waals surface area contributed by atoms with Crippen molar-refractivity contribution in [2.45, 2.75) is 7.43 Å². The molecule has 0 heterocycles. The summed E-state index contributed by atoms with van der Waals surface area (Å²) in [6.45, 7) is 0. The molecule has 9 heavy (non-hydrogen) atoms. The van der Waals surface area contributed by atoms with E-state index in [9.17, 15) is 0 Å². The molecule has 64 valence electrons. The van der Waals surface area contributed by atoms with Gasteiger partial charge in [-0.2, -0.15) is 0 Å². The molecule has 0 rings (SSSR count). The summed E-state index contributed by atoms with van der Waals surface area (Å²) < 4.78 is 4.25. The van der Waals surface area contributed by atoms with E-state index < -0.39 is 0 Å². The number of aliphatic hydroxyl groups is 1. The maximum absolute atomic E-state index is 7.00. The Morgan fingerprint density at radius 2 is 1.11 bits per heavy atom. The highest BCUT2D eigenvalue weighted by molar-refractivity contribution is 6.15. The fraction of sp³-hybridized carbons (Fsp3) is 1.00. The molecular weight excluding hydrogens is 144 g/mol. The average Bonchev–Trinajstić information content (AvgIpc) is 1.78. The van der Waals surface area contributed by atoms with Crippen molar-refractivity contribution in [1.82, 2.24) is 0 Å². The third-order valence-electron chi connectivity index (χ3n) is 0. The van der Waals surface area contributed by atoms with Crippen LogP contribution in [0.5, 0.6) is 0 Å². The normalized spacial score (nSPS) is 3.33. The van der Waals surface area contributed by atoms with Gasteiger partial charge in [0, 0.05) is 27.7 Å². The Balaban J connectivity index is -0.00000000825. The molecule has 0 spiro atoms. The van der Waals surface area contributed by atoms with E-state index in [1.807, 2.05) is 0 Å². The van der Waals surface area contributed by atoms with E-state index in [4.69, 9.17) is 5.11 Å². The lowest BCUT2D eigenvalue weighted by molar-refractivity contribution is 0.277. The SMILES string of the molecule is C.CCl.CO.COC.O. The van der Waals surface area contributed by atoms with Crippen LogP contribution in [0.2, 0.25) is 0 Å². The Hall–Kier alpha value is 0.170. The number of hydrogen-bond acceptors (Lipinski definition) is 2. The molecule has 0 amide bonds. The van der Waals surface area contributed by atoms with E-state index in [1.54, 1.807) is 14.2 Å². The van der Waals surface area contributed by atoms with Gasteiger partial charge in [0.05, 0.1) is 0 Å². The molecule has 0 aromatic carbocycles. The molecule has 0 unspecified atom stereocenters. The minimum atomic E-state index is 0. The summed E-state index contributed by atoms with van der Waals surface area (Å²) in [6.07, 6.45) is 1.47. The molecule has 3 nitrogen and oxygen atoms in total. The summed E-state index contributed by atoms with van der Waals surface area (Å²) in [7, 11) is 4.25. The predicted octanol–water partition coefficient (Wildman–Crippen LogP) is 0.537. The molecule has 4 heteroatoms. The van der Waals surface area contributed by atoms with Crippen LogP contribution < -0.4 is 0 Å². The van der Waals surface area contributed by atoms with Crippen molar-refractivity contribution in [2.75, 3.05) is 27.7 Å². The van der Waals surface area contributed by atoms with Crippen LogP contribution in [0.3, 0.4) is 0 Å². The van der Waals surface area contributed by atoms with Gasteiger partial charge in [-0.15, -0.1) is 11.6 Å².